The van der Waals surface area contributed by atoms with Gasteiger partial charge in [0.05, 0.1) is 60.9 Å². The third-order valence-corrected chi connectivity index (χ3v) is 20.0. The Balaban J connectivity index is 0.777. The minimum atomic E-state index is -1.90. The van der Waals surface area contributed by atoms with Gasteiger partial charge in [-0.1, -0.05) is 37.3 Å². The maximum absolute atomic E-state index is 14.1. The Kier molecular flexibility index (Phi) is 22.6. The predicted octanol–water partition coefficient (Wildman–Crippen LogP) is -0.816. The monoisotopic (exact) mass is 1270 g/mol. The van der Waals surface area contributed by atoms with E-state index in [1.54, 1.807) is 33.8 Å². The quantitative estimate of drug-likeness (QED) is 0.0531. The molecule has 7 fully saturated rings. The summed E-state index contributed by atoms with van der Waals surface area (Å²) in [6, 6.07) is 9.10. The molecule has 89 heavy (non-hydrogen) atoms. The van der Waals surface area contributed by atoms with E-state index in [1.807, 2.05) is 37.3 Å². The smallest absolute Gasteiger partial charge is 0.331 e. The number of esters is 1. The van der Waals surface area contributed by atoms with Crippen molar-refractivity contribution in [3.8, 4) is 0 Å². The molecule has 8 aliphatic rings. The van der Waals surface area contributed by atoms with Gasteiger partial charge in [-0.3, -0.25) is 14.4 Å². The van der Waals surface area contributed by atoms with Gasteiger partial charge in [-0.25, -0.2) is 4.79 Å². The first-order valence-corrected chi connectivity index (χ1v) is 30.7. The minimum absolute atomic E-state index is 0.0673. The lowest BCUT2D eigenvalue weighted by Crippen LogP contribution is -2.66. The van der Waals surface area contributed by atoms with E-state index < -0.39 is 201 Å². The molecule has 1 aromatic rings. The zero-order valence-electron chi connectivity index (χ0n) is 51.3. The van der Waals surface area contributed by atoms with Crippen LogP contribution in [0.1, 0.15) is 98.5 Å². The van der Waals surface area contributed by atoms with Crippen LogP contribution in [-0.2, 0) is 80.8 Å². The number of ketones is 3. The number of benzene rings is 1. The molecule has 0 unspecified atom stereocenters. The second-order valence-corrected chi connectivity index (χ2v) is 25.5. The summed E-state index contributed by atoms with van der Waals surface area (Å²) in [4.78, 5) is 54.6. The van der Waals surface area contributed by atoms with Crippen molar-refractivity contribution in [2.45, 2.75) is 252 Å². The fraction of sp³-hybridized carbons (Fsp3) is 0.774. The normalized spacial score (nSPS) is 46.6. The van der Waals surface area contributed by atoms with Gasteiger partial charge in [0.25, 0.3) is 0 Å². The lowest BCUT2D eigenvalue weighted by atomic mass is 9.52. The Hall–Kier alpha value is -3.70. The first kappa shape index (κ1) is 69.6. The Morgan fingerprint density at radius 2 is 1.28 bits per heavy atom. The Morgan fingerprint density at radius 1 is 0.674 bits per heavy atom. The van der Waals surface area contributed by atoms with E-state index >= 15 is 0 Å². The number of rotatable bonds is 21. The molecule has 0 bridgehead atoms. The van der Waals surface area contributed by atoms with Crippen molar-refractivity contribution in [1.29, 1.82) is 0 Å². The Morgan fingerprint density at radius 3 is 1.92 bits per heavy atom. The second-order valence-electron chi connectivity index (χ2n) is 25.5. The van der Waals surface area contributed by atoms with Crippen molar-refractivity contribution >= 4 is 29.4 Å². The summed E-state index contributed by atoms with van der Waals surface area (Å²) >= 11 is 0. The maximum atomic E-state index is 14.1. The van der Waals surface area contributed by atoms with Crippen LogP contribution in [0.4, 0.5) is 0 Å². The third kappa shape index (κ3) is 14.2. The number of aliphatic hydroxyl groups excluding tert-OH is 9. The summed E-state index contributed by atoms with van der Waals surface area (Å²) in [6.07, 6.45) is -25.4. The lowest BCUT2D eigenvalue weighted by Gasteiger charge is -2.55. The van der Waals surface area contributed by atoms with Crippen LogP contribution >= 0.6 is 0 Å². The average Bonchev–Trinajstić information content (AvgIpc) is 1.31. The largest absolute Gasteiger partial charge is 0.458 e. The van der Waals surface area contributed by atoms with Crippen LogP contribution in [-0.4, -0.2) is 261 Å². The number of carbonyl (C=O) groups is 4. The van der Waals surface area contributed by atoms with Gasteiger partial charge in [-0.05, 0) is 84.1 Å². The van der Waals surface area contributed by atoms with E-state index in [0.29, 0.717) is 12.8 Å². The van der Waals surface area contributed by atoms with Gasteiger partial charge in [0.2, 0.25) is 0 Å². The van der Waals surface area contributed by atoms with Crippen LogP contribution in [0, 0.1) is 22.7 Å². The van der Waals surface area contributed by atoms with Crippen LogP contribution in [0.3, 0.4) is 0 Å². The summed E-state index contributed by atoms with van der Waals surface area (Å²) in [5.41, 5.74) is -3.37. The van der Waals surface area contributed by atoms with Crippen LogP contribution < -0.4 is 0 Å². The summed E-state index contributed by atoms with van der Waals surface area (Å²) in [6.45, 7) is 8.26. The number of aliphatic hydroxyl groups is 10. The molecule has 0 radical (unpaired) electrons. The van der Waals surface area contributed by atoms with E-state index in [9.17, 15) is 70.2 Å². The van der Waals surface area contributed by atoms with E-state index in [4.69, 9.17) is 61.6 Å². The summed E-state index contributed by atoms with van der Waals surface area (Å²) in [5.74, 6) is -3.15. The SMILES string of the molecule is CO[C@H]1[C@H](O)[C@H](O[C@H]2[C@@H](O)C[C@H](O[C@H]3[C@@H](OC)C[C@H](O[C@H]4CC[C@]5(C)[C@@H](C[C@@H](OC(=O)/C=C/c6ccccc6)[C@@]6(C)C(=O)CC[C@@H]6C(C)=O)C(=O)C=C[C@]5(O)C4)O[C@@H]3C)O[C@@H]2C)O[C@@H](C)[C@@H]1O[C@@H]1O[C@H](CO)[C@@H](O[C@@H]2O[C@H](CO)[C@@H](O)[C@H](O)[C@H]2O)[C@H](O)[C@H]1O. The Bertz CT molecular complexity index is 2610. The standard InChI is InChI=1S/C62H90O27/c1-28(65)34-15-16-41(68)61(34,6)42(85-43(69)17-14-32-12-10-9-11-13-32)22-35-36(66)19-21-62(76)25-33(18-20-60(35,62)5)82-45-24-38(77-7)53(30(3)80-45)86-44-23-37(67)52(29(2)79-44)87-59-51(75)56(78-8)54(31(4)81-59)88-58-50(74)48(72)55(40(27-64)84-58)89-57-49(73)47(71)46(70)39(26-63)83-57/h9-14,17,19,21,29-31,33-35,37-40,42,44-59,63-64,67,70-76H,15-16,18,20,22-27H2,1-8H3/b17-14+/t29-,30-,31+,33+,34-,35+,37+,38+,39-,40-,42-,44+,45+,46-,47+,48-,49-,50-,51+,52-,53-,54+,55-,56+,57+,58+,59+,60-,61-,62+/m1/s1. The number of hydrogen-bond acceptors (Lipinski definition) is 27. The molecule has 10 N–H and O–H groups in total. The molecular formula is C62H90O27. The van der Waals surface area contributed by atoms with Gasteiger partial charge in [0.1, 0.15) is 97.0 Å². The van der Waals surface area contributed by atoms with Crippen LogP contribution in [0.5, 0.6) is 0 Å². The minimum Gasteiger partial charge on any atom is -0.458 e. The highest BCUT2D eigenvalue weighted by molar-refractivity contribution is 5.97. The van der Waals surface area contributed by atoms with Gasteiger partial charge >= 0.3 is 5.97 Å². The molecule has 3 aliphatic carbocycles. The number of allylic oxidation sites excluding steroid dienone is 1. The van der Waals surface area contributed by atoms with Crippen molar-refractivity contribution in [3.05, 3.63) is 54.1 Å². The molecule has 9 rings (SSSR count). The average molecular weight is 1270 g/mol. The fourth-order valence-electron chi connectivity index (χ4n) is 14.6. The molecule has 5 saturated heterocycles. The van der Waals surface area contributed by atoms with E-state index in [-0.39, 0.29) is 55.9 Å². The van der Waals surface area contributed by atoms with Gasteiger partial charge in [-0.15, -0.1) is 0 Å². The van der Waals surface area contributed by atoms with Gasteiger partial charge in [0, 0.05) is 63.2 Å². The molecule has 500 valence electrons. The summed E-state index contributed by atoms with van der Waals surface area (Å²) < 4.78 is 78.7. The topological polar surface area (TPSA) is 391 Å². The molecule has 30 atom stereocenters. The van der Waals surface area contributed by atoms with Crippen molar-refractivity contribution in [1.82, 2.24) is 0 Å². The number of hydrogen-bond donors (Lipinski definition) is 10. The molecule has 2 saturated carbocycles. The molecular weight excluding hydrogens is 1180 g/mol. The molecule has 5 heterocycles. The molecule has 27 heteroatoms. The molecule has 27 nitrogen and oxygen atoms in total. The molecule has 1 aromatic carbocycles. The summed E-state index contributed by atoms with van der Waals surface area (Å²) in [7, 11) is 2.79. The van der Waals surface area contributed by atoms with E-state index in [1.165, 1.54) is 39.4 Å². The number of Topliss-reactive ketones (excluding diaryl/α,β-unsaturated/α-hetero) is 2. The molecule has 5 aliphatic heterocycles. The molecule has 0 amide bonds. The Labute approximate surface area is 516 Å². The highest BCUT2D eigenvalue weighted by atomic mass is 16.8. The number of carbonyl (C=O) groups excluding carboxylic acids is 4. The highest BCUT2D eigenvalue weighted by Crippen LogP contribution is 2.57. The lowest BCUT2D eigenvalue weighted by molar-refractivity contribution is -0.384. The predicted molar refractivity (Wildman–Crippen MR) is 303 cm³/mol. The van der Waals surface area contributed by atoms with Crippen LogP contribution in [0.2, 0.25) is 0 Å². The van der Waals surface area contributed by atoms with E-state index in [2.05, 4.69) is 0 Å². The fourth-order valence-corrected chi connectivity index (χ4v) is 14.6. The van der Waals surface area contributed by atoms with Gasteiger partial charge in [0.15, 0.2) is 37.2 Å². The first-order chi connectivity index (χ1) is 42.2. The second kappa shape index (κ2) is 28.9. The van der Waals surface area contributed by atoms with E-state index in [0.717, 1.165) is 5.56 Å². The third-order valence-electron chi connectivity index (χ3n) is 20.0. The number of ether oxygens (including phenoxy) is 13. The van der Waals surface area contributed by atoms with Crippen LogP contribution in [0.25, 0.3) is 6.08 Å². The molecule has 0 aromatic heterocycles. The van der Waals surface area contributed by atoms with Crippen molar-refractivity contribution in [2.24, 2.45) is 22.7 Å². The van der Waals surface area contributed by atoms with Crippen molar-refractivity contribution in [3.63, 3.8) is 0 Å². The number of fused-ring (bicyclic) bond motifs is 1. The number of methoxy groups -OCH3 is 2. The zero-order valence-corrected chi connectivity index (χ0v) is 51.3. The zero-order chi connectivity index (χ0) is 64.6. The van der Waals surface area contributed by atoms with Gasteiger partial charge in [-0.2, -0.15) is 0 Å². The van der Waals surface area contributed by atoms with Crippen molar-refractivity contribution < 1.29 is 132 Å². The maximum Gasteiger partial charge on any atom is 0.331 e. The summed E-state index contributed by atoms with van der Waals surface area (Å²) in [5, 5.41) is 109. The van der Waals surface area contributed by atoms with Crippen LogP contribution in [0.15, 0.2) is 48.6 Å². The molecule has 0 spiro atoms. The first-order valence-electron chi connectivity index (χ1n) is 30.7. The van der Waals surface area contributed by atoms with Gasteiger partial charge < -0.3 is 113 Å². The highest BCUT2D eigenvalue weighted by Gasteiger charge is 2.62. The van der Waals surface area contributed by atoms with Crippen molar-refractivity contribution in [2.75, 3.05) is 27.4 Å².